The van der Waals surface area contributed by atoms with Gasteiger partial charge < -0.3 is 15.4 Å². The molecule has 1 saturated heterocycles. The first-order valence-electron chi connectivity index (χ1n) is 9.58. The third-order valence-corrected chi connectivity index (χ3v) is 7.38. The van der Waals surface area contributed by atoms with E-state index in [1.165, 1.54) is 4.31 Å². The van der Waals surface area contributed by atoms with Crippen LogP contribution < -0.4 is 10.5 Å². The molecule has 2 heterocycles. The fourth-order valence-electron chi connectivity index (χ4n) is 3.50. The number of amidine groups is 1. The Labute approximate surface area is 185 Å². The van der Waals surface area contributed by atoms with Crippen LogP contribution in [0.15, 0.2) is 47.4 Å². The maximum atomic E-state index is 13.1. The fourth-order valence-corrected chi connectivity index (χ4v) is 5.08. The zero-order valence-corrected chi connectivity index (χ0v) is 18.1. The molecule has 8 nitrogen and oxygen atoms in total. The Hall–Kier alpha value is -2.88. The highest BCUT2D eigenvalue weighted by Gasteiger charge is 2.35. The number of nitrogens with zero attached hydrogens (tertiary/aromatic N) is 2. The minimum Gasteiger partial charge on any atom is -0.487 e. The van der Waals surface area contributed by atoms with Crippen molar-refractivity contribution in [2.45, 2.75) is 6.54 Å². The van der Waals surface area contributed by atoms with Crippen LogP contribution >= 0.6 is 11.6 Å². The zero-order valence-electron chi connectivity index (χ0n) is 16.5. The van der Waals surface area contributed by atoms with E-state index in [9.17, 15) is 13.2 Å². The maximum absolute atomic E-state index is 13.1. The Morgan fingerprint density at radius 2 is 1.90 bits per heavy atom. The van der Waals surface area contributed by atoms with Crippen molar-refractivity contribution < 1.29 is 17.9 Å². The molecule has 0 radical (unpaired) electrons. The summed E-state index contributed by atoms with van der Waals surface area (Å²) in [5.41, 5.74) is 7.58. The quantitative estimate of drug-likeness (QED) is 0.523. The number of carbonyl (C=O) groups is 1. The van der Waals surface area contributed by atoms with Crippen molar-refractivity contribution in [3.05, 3.63) is 69.1 Å². The number of fused-ring (bicyclic) bond motifs is 1. The Morgan fingerprint density at radius 3 is 2.58 bits per heavy atom. The van der Waals surface area contributed by atoms with Gasteiger partial charge in [-0.3, -0.25) is 10.2 Å². The van der Waals surface area contributed by atoms with E-state index in [0.717, 1.165) is 5.56 Å². The van der Waals surface area contributed by atoms with Gasteiger partial charge in [-0.25, -0.2) is 8.42 Å². The molecule has 2 aliphatic rings. The first-order chi connectivity index (χ1) is 14.7. The SMILES string of the molecule is N=C(N)c1ccc(CN2CCN(S(=O)(=O)C3=Cc4ccc(Cl)cc4OC3)CC2=O)cc1. The number of ether oxygens (including phenoxy) is 1. The van der Waals surface area contributed by atoms with Gasteiger partial charge in [-0.05, 0) is 29.8 Å². The smallest absolute Gasteiger partial charge is 0.243 e. The summed E-state index contributed by atoms with van der Waals surface area (Å²) in [7, 11) is -3.83. The largest absolute Gasteiger partial charge is 0.487 e. The first kappa shape index (κ1) is 21.4. The molecule has 10 heteroatoms. The summed E-state index contributed by atoms with van der Waals surface area (Å²) in [5, 5.41) is 7.95. The molecule has 0 aromatic heterocycles. The molecule has 2 aliphatic heterocycles. The average molecular weight is 461 g/mol. The van der Waals surface area contributed by atoms with Crippen LogP contribution in [0.25, 0.3) is 6.08 Å². The Bertz CT molecular complexity index is 1180. The summed E-state index contributed by atoms with van der Waals surface area (Å²) in [5.74, 6) is 0.242. The molecular weight excluding hydrogens is 440 g/mol. The Balaban J connectivity index is 1.45. The standard InChI is InChI=1S/C21H21ClN4O4S/c22-17-6-5-16-9-18(13-30-19(16)10-17)31(28,29)26-8-7-25(20(27)12-26)11-14-1-3-15(4-2-14)21(23)24/h1-6,9-10H,7-8,11-13H2,(H3,23,24). The topological polar surface area (TPSA) is 117 Å². The lowest BCUT2D eigenvalue weighted by atomic mass is 10.1. The predicted octanol–water partition coefficient (Wildman–Crippen LogP) is 2.03. The number of piperazine rings is 1. The summed E-state index contributed by atoms with van der Waals surface area (Å²) < 4.78 is 32.9. The van der Waals surface area contributed by atoms with Crippen molar-refractivity contribution in [1.82, 2.24) is 9.21 Å². The van der Waals surface area contributed by atoms with E-state index < -0.39 is 10.0 Å². The number of amides is 1. The zero-order chi connectivity index (χ0) is 22.2. The number of hydrogen-bond donors (Lipinski definition) is 2. The monoisotopic (exact) mass is 460 g/mol. The molecule has 0 saturated carbocycles. The van der Waals surface area contributed by atoms with Crippen LogP contribution in [-0.2, 0) is 21.4 Å². The summed E-state index contributed by atoms with van der Waals surface area (Å²) in [6.07, 6.45) is 1.57. The van der Waals surface area contributed by atoms with E-state index in [4.69, 9.17) is 27.5 Å². The highest BCUT2D eigenvalue weighted by molar-refractivity contribution is 7.93. The molecule has 0 spiro atoms. The Kier molecular flexibility index (Phi) is 5.74. The van der Waals surface area contributed by atoms with Gasteiger partial charge in [0.05, 0.1) is 11.4 Å². The summed E-state index contributed by atoms with van der Waals surface area (Å²) in [6.45, 7) is 0.521. The molecule has 2 aromatic carbocycles. The number of nitrogens with two attached hydrogens (primary N) is 1. The van der Waals surface area contributed by atoms with Gasteiger partial charge in [-0.15, -0.1) is 0 Å². The molecule has 1 fully saturated rings. The van der Waals surface area contributed by atoms with Crippen molar-refractivity contribution in [3.8, 4) is 5.75 Å². The van der Waals surface area contributed by atoms with E-state index in [-0.39, 0.29) is 42.9 Å². The van der Waals surface area contributed by atoms with Crippen LogP contribution in [0.5, 0.6) is 5.75 Å². The van der Waals surface area contributed by atoms with Crippen LogP contribution in [0.2, 0.25) is 5.02 Å². The highest BCUT2D eigenvalue weighted by atomic mass is 35.5. The van der Waals surface area contributed by atoms with Gasteiger partial charge in [0.15, 0.2) is 0 Å². The number of sulfonamides is 1. The molecule has 31 heavy (non-hydrogen) atoms. The van der Waals surface area contributed by atoms with Gasteiger partial charge in [0.1, 0.15) is 18.2 Å². The van der Waals surface area contributed by atoms with Gasteiger partial charge in [0.2, 0.25) is 15.9 Å². The van der Waals surface area contributed by atoms with Crippen molar-refractivity contribution in [3.63, 3.8) is 0 Å². The van der Waals surface area contributed by atoms with Crippen molar-refractivity contribution in [2.75, 3.05) is 26.2 Å². The molecule has 162 valence electrons. The van der Waals surface area contributed by atoms with Crippen LogP contribution in [0.4, 0.5) is 0 Å². The number of nitrogen functional groups attached to an aromatic ring is 1. The molecule has 0 unspecified atom stereocenters. The van der Waals surface area contributed by atoms with Gasteiger partial charge >= 0.3 is 0 Å². The number of halogens is 1. The lowest BCUT2D eigenvalue weighted by Gasteiger charge is -2.34. The second-order valence-electron chi connectivity index (χ2n) is 7.35. The third kappa shape index (κ3) is 4.43. The minimum atomic E-state index is -3.83. The predicted molar refractivity (Wildman–Crippen MR) is 118 cm³/mol. The lowest BCUT2D eigenvalue weighted by molar-refractivity contribution is -0.134. The molecule has 2 aromatic rings. The van der Waals surface area contributed by atoms with Gasteiger partial charge in [-0.2, -0.15) is 4.31 Å². The van der Waals surface area contributed by atoms with Crippen LogP contribution in [-0.4, -0.2) is 55.6 Å². The van der Waals surface area contributed by atoms with Gasteiger partial charge in [-0.1, -0.05) is 35.9 Å². The van der Waals surface area contributed by atoms with Crippen LogP contribution in [0, 0.1) is 5.41 Å². The minimum absolute atomic E-state index is 0.0202. The number of carbonyl (C=O) groups excluding carboxylic acids is 1. The van der Waals surface area contributed by atoms with E-state index in [1.54, 1.807) is 53.4 Å². The number of benzene rings is 2. The Morgan fingerprint density at radius 1 is 1.16 bits per heavy atom. The van der Waals surface area contributed by atoms with Crippen LogP contribution in [0.1, 0.15) is 16.7 Å². The molecular formula is C21H21ClN4O4S. The number of rotatable bonds is 5. The summed E-state index contributed by atoms with van der Waals surface area (Å²) >= 11 is 5.95. The van der Waals surface area contributed by atoms with Gasteiger partial charge in [0.25, 0.3) is 0 Å². The normalized spacial score (nSPS) is 17.0. The molecule has 3 N–H and O–H groups in total. The van der Waals surface area contributed by atoms with Crippen LogP contribution in [0.3, 0.4) is 0 Å². The summed E-state index contributed by atoms with van der Waals surface area (Å²) in [4.78, 5) is 14.4. The van der Waals surface area contributed by atoms with E-state index in [2.05, 4.69) is 0 Å². The molecule has 0 bridgehead atoms. The first-order valence-corrected chi connectivity index (χ1v) is 11.4. The molecule has 1 amide bonds. The van der Waals surface area contributed by atoms with Crippen molar-refractivity contribution >= 4 is 39.4 Å². The summed E-state index contributed by atoms with van der Waals surface area (Å²) in [6, 6.07) is 12.1. The number of hydrogen-bond acceptors (Lipinski definition) is 5. The van der Waals surface area contributed by atoms with E-state index >= 15 is 0 Å². The second-order valence-corrected chi connectivity index (χ2v) is 9.77. The lowest BCUT2D eigenvalue weighted by Crippen LogP contribution is -2.52. The second kappa shape index (κ2) is 8.33. The molecule has 4 rings (SSSR count). The van der Waals surface area contributed by atoms with Crippen molar-refractivity contribution in [1.29, 1.82) is 5.41 Å². The highest BCUT2D eigenvalue weighted by Crippen LogP contribution is 2.32. The molecule has 0 aliphatic carbocycles. The maximum Gasteiger partial charge on any atom is 0.243 e. The fraction of sp³-hybridized carbons (Fsp3) is 0.238. The van der Waals surface area contributed by atoms with E-state index in [0.29, 0.717) is 28.4 Å². The van der Waals surface area contributed by atoms with Gasteiger partial charge in [0, 0.05) is 35.8 Å². The average Bonchev–Trinajstić information content (AvgIpc) is 2.75. The third-order valence-electron chi connectivity index (χ3n) is 5.26. The molecule has 0 atom stereocenters. The van der Waals surface area contributed by atoms with E-state index in [1.807, 2.05) is 0 Å². The van der Waals surface area contributed by atoms with Crippen molar-refractivity contribution in [2.24, 2.45) is 5.73 Å². The number of nitrogens with one attached hydrogen (secondary N) is 1.